The minimum absolute atomic E-state index is 0.125. The van der Waals surface area contributed by atoms with Crippen molar-refractivity contribution in [2.75, 3.05) is 5.88 Å². The molecule has 0 spiro atoms. The van der Waals surface area contributed by atoms with Gasteiger partial charge in [0.25, 0.3) is 0 Å². The van der Waals surface area contributed by atoms with Gasteiger partial charge < -0.3 is 0 Å². The summed E-state index contributed by atoms with van der Waals surface area (Å²) >= 11 is 5.96. The van der Waals surface area contributed by atoms with E-state index in [1.165, 1.54) is 18.5 Å². The number of hydrogen-bond donors (Lipinski definition) is 0. The van der Waals surface area contributed by atoms with Crippen LogP contribution in [0.4, 0.5) is 4.39 Å². The summed E-state index contributed by atoms with van der Waals surface area (Å²) in [5.41, 5.74) is 1.02. The van der Waals surface area contributed by atoms with Crippen molar-refractivity contribution in [2.24, 2.45) is 7.05 Å². The lowest BCUT2D eigenvalue weighted by molar-refractivity contribution is 0.621. The molecule has 1 atom stereocenters. The van der Waals surface area contributed by atoms with Crippen molar-refractivity contribution < 1.29 is 4.39 Å². The summed E-state index contributed by atoms with van der Waals surface area (Å²) in [5, 5.41) is 4.01. The Morgan fingerprint density at radius 3 is 2.59 bits per heavy atom. The zero-order chi connectivity index (χ0) is 12.3. The Kier molecular flexibility index (Phi) is 3.74. The summed E-state index contributed by atoms with van der Waals surface area (Å²) in [7, 11) is 1.85. The van der Waals surface area contributed by atoms with Crippen LogP contribution in [0.5, 0.6) is 0 Å². The number of halogens is 2. The molecule has 0 bridgehead atoms. The fourth-order valence-corrected chi connectivity index (χ4v) is 2.01. The molecule has 0 amide bonds. The Bertz CT molecular complexity index is 481. The van der Waals surface area contributed by atoms with E-state index >= 15 is 0 Å². The van der Waals surface area contributed by atoms with E-state index < -0.39 is 0 Å². The Balaban J connectivity index is 2.17. The van der Waals surface area contributed by atoms with E-state index in [1.807, 2.05) is 7.05 Å². The van der Waals surface area contributed by atoms with Crippen LogP contribution in [0.2, 0.25) is 0 Å². The van der Waals surface area contributed by atoms with E-state index in [1.54, 1.807) is 16.8 Å². The highest BCUT2D eigenvalue weighted by Crippen LogP contribution is 2.21. The van der Waals surface area contributed by atoms with Crippen LogP contribution in [0.15, 0.2) is 30.6 Å². The molecule has 1 unspecified atom stereocenters. The zero-order valence-electron chi connectivity index (χ0n) is 9.48. The minimum atomic E-state index is -0.235. The lowest BCUT2D eigenvalue weighted by Crippen LogP contribution is -2.09. The molecule has 1 heterocycles. The average molecular weight is 254 g/mol. The zero-order valence-corrected chi connectivity index (χ0v) is 10.2. The van der Waals surface area contributed by atoms with Crippen molar-refractivity contribution in [3.05, 3.63) is 47.8 Å². The highest BCUT2D eigenvalue weighted by atomic mass is 35.5. The molecule has 1 aromatic carbocycles. The van der Waals surface area contributed by atoms with Crippen molar-refractivity contribution in [2.45, 2.75) is 12.3 Å². The van der Waals surface area contributed by atoms with Crippen molar-refractivity contribution in [1.29, 1.82) is 0 Å². The Hall–Kier alpha value is -1.42. The largest absolute Gasteiger partial charge is 0.253 e. The molecule has 0 saturated heterocycles. The van der Waals surface area contributed by atoms with Crippen LogP contribution in [0.1, 0.15) is 17.3 Å². The highest BCUT2D eigenvalue weighted by Gasteiger charge is 2.14. The van der Waals surface area contributed by atoms with Crippen LogP contribution in [-0.2, 0) is 13.5 Å². The van der Waals surface area contributed by atoms with Gasteiger partial charge in [-0.3, -0.25) is 4.68 Å². The molecule has 1 aromatic heterocycles. The molecule has 2 aromatic rings. The molecule has 0 aliphatic heterocycles. The lowest BCUT2D eigenvalue weighted by atomic mass is 9.97. The number of alkyl halides is 1. The predicted octanol–water partition coefficient (Wildman–Crippen LogP) is 2.52. The van der Waals surface area contributed by atoms with Gasteiger partial charge in [0.1, 0.15) is 18.0 Å². The number of hydrogen-bond acceptors (Lipinski definition) is 2. The fraction of sp³-hybridized carbons (Fsp3) is 0.333. The number of rotatable bonds is 4. The SMILES string of the molecule is Cn1ncnc1CC(CCl)c1ccc(F)cc1. The van der Waals surface area contributed by atoms with Gasteiger partial charge in [-0.1, -0.05) is 12.1 Å². The summed E-state index contributed by atoms with van der Waals surface area (Å²) in [5.74, 6) is 1.24. The van der Waals surface area contributed by atoms with E-state index in [0.717, 1.165) is 11.4 Å². The first-order valence-electron chi connectivity index (χ1n) is 5.35. The van der Waals surface area contributed by atoms with Gasteiger partial charge in [-0.05, 0) is 17.7 Å². The van der Waals surface area contributed by atoms with Crippen LogP contribution in [0.25, 0.3) is 0 Å². The molecular weight excluding hydrogens is 241 g/mol. The maximum atomic E-state index is 12.8. The van der Waals surface area contributed by atoms with Gasteiger partial charge in [-0.15, -0.1) is 11.6 Å². The minimum Gasteiger partial charge on any atom is -0.253 e. The average Bonchev–Trinajstić information content (AvgIpc) is 2.73. The van der Waals surface area contributed by atoms with E-state index in [-0.39, 0.29) is 11.7 Å². The molecule has 2 rings (SSSR count). The molecule has 0 saturated carbocycles. The normalized spacial score (nSPS) is 12.6. The highest BCUT2D eigenvalue weighted by molar-refractivity contribution is 6.18. The van der Waals surface area contributed by atoms with Gasteiger partial charge in [0.05, 0.1) is 0 Å². The number of nitrogens with zero attached hydrogens (tertiary/aromatic N) is 3. The van der Waals surface area contributed by atoms with Gasteiger partial charge in [0, 0.05) is 25.3 Å². The molecule has 0 aliphatic rings. The Labute approximate surface area is 104 Å². The van der Waals surface area contributed by atoms with Gasteiger partial charge in [0.15, 0.2) is 0 Å². The van der Waals surface area contributed by atoms with Crippen LogP contribution >= 0.6 is 11.6 Å². The number of aromatic nitrogens is 3. The Morgan fingerprint density at radius 2 is 2.06 bits per heavy atom. The van der Waals surface area contributed by atoms with Gasteiger partial charge in [-0.2, -0.15) is 5.10 Å². The molecule has 0 aliphatic carbocycles. The molecule has 0 N–H and O–H groups in total. The second kappa shape index (κ2) is 5.27. The van der Waals surface area contributed by atoms with Crippen molar-refractivity contribution in [1.82, 2.24) is 14.8 Å². The standard InChI is InChI=1S/C12H13ClFN3/c1-17-12(15-8-16-17)6-10(7-13)9-2-4-11(14)5-3-9/h2-5,8,10H,6-7H2,1H3. The first kappa shape index (κ1) is 12.0. The van der Waals surface area contributed by atoms with E-state index in [0.29, 0.717) is 12.3 Å². The molecule has 90 valence electrons. The maximum absolute atomic E-state index is 12.8. The summed E-state index contributed by atoms with van der Waals surface area (Å²) < 4.78 is 14.6. The summed E-state index contributed by atoms with van der Waals surface area (Å²) in [6.45, 7) is 0. The van der Waals surface area contributed by atoms with Gasteiger partial charge in [-0.25, -0.2) is 9.37 Å². The first-order chi connectivity index (χ1) is 8.20. The molecular formula is C12H13ClFN3. The topological polar surface area (TPSA) is 30.7 Å². The smallest absolute Gasteiger partial charge is 0.138 e. The first-order valence-corrected chi connectivity index (χ1v) is 5.88. The third-order valence-electron chi connectivity index (χ3n) is 2.76. The van der Waals surface area contributed by atoms with Gasteiger partial charge >= 0.3 is 0 Å². The third-order valence-corrected chi connectivity index (χ3v) is 3.13. The predicted molar refractivity (Wildman–Crippen MR) is 64.6 cm³/mol. The van der Waals surface area contributed by atoms with Crippen LogP contribution in [0.3, 0.4) is 0 Å². The lowest BCUT2D eigenvalue weighted by Gasteiger charge is -2.13. The monoisotopic (exact) mass is 253 g/mol. The Morgan fingerprint density at radius 1 is 1.35 bits per heavy atom. The third kappa shape index (κ3) is 2.82. The molecule has 17 heavy (non-hydrogen) atoms. The number of aryl methyl sites for hydroxylation is 1. The van der Waals surface area contributed by atoms with Gasteiger partial charge in [0.2, 0.25) is 0 Å². The molecule has 3 nitrogen and oxygen atoms in total. The van der Waals surface area contributed by atoms with E-state index in [9.17, 15) is 4.39 Å². The molecule has 0 radical (unpaired) electrons. The quantitative estimate of drug-likeness (QED) is 0.784. The summed E-state index contributed by atoms with van der Waals surface area (Å²) in [6, 6.07) is 6.43. The van der Waals surface area contributed by atoms with Crippen molar-refractivity contribution in [3.63, 3.8) is 0 Å². The second-order valence-electron chi connectivity index (χ2n) is 3.91. The van der Waals surface area contributed by atoms with Crippen molar-refractivity contribution >= 4 is 11.6 Å². The van der Waals surface area contributed by atoms with E-state index in [4.69, 9.17) is 11.6 Å². The second-order valence-corrected chi connectivity index (χ2v) is 4.22. The summed E-state index contributed by atoms with van der Waals surface area (Å²) in [4.78, 5) is 4.17. The van der Waals surface area contributed by atoms with E-state index in [2.05, 4.69) is 10.1 Å². The summed E-state index contributed by atoms with van der Waals surface area (Å²) in [6.07, 6.45) is 2.22. The van der Waals surface area contributed by atoms with Crippen molar-refractivity contribution in [3.8, 4) is 0 Å². The van der Waals surface area contributed by atoms with Crippen LogP contribution < -0.4 is 0 Å². The van der Waals surface area contributed by atoms with Crippen LogP contribution in [0, 0.1) is 5.82 Å². The number of benzene rings is 1. The maximum Gasteiger partial charge on any atom is 0.138 e. The molecule has 0 fully saturated rings. The van der Waals surface area contributed by atoms with Crippen LogP contribution in [-0.4, -0.2) is 20.6 Å². The fourth-order valence-electron chi connectivity index (χ4n) is 1.72. The molecule has 5 heteroatoms.